The minimum Gasteiger partial charge on any atom is -0.396 e. The van der Waals surface area contributed by atoms with E-state index in [1.165, 1.54) is 31.2 Å². The molecule has 1 aliphatic heterocycles. The first-order valence-electron chi connectivity index (χ1n) is 7.14. The molecule has 1 aliphatic carbocycles. The number of hydrogen-bond acceptors (Lipinski definition) is 2. The number of benzene rings is 1. The Labute approximate surface area is 109 Å². The molecule has 1 saturated heterocycles. The number of aliphatic hydroxyl groups excluding tert-OH is 1. The van der Waals surface area contributed by atoms with Crippen molar-refractivity contribution in [2.24, 2.45) is 5.92 Å². The van der Waals surface area contributed by atoms with Gasteiger partial charge in [0.2, 0.25) is 0 Å². The summed E-state index contributed by atoms with van der Waals surface area (Å²) in [4.78, 5) is 0. The Bertz CT molecular complexity index is 381. The van der Waals surface area contributed by atoms with E-state index in [1.807, 2.05) is 6.07 Å². The van der Waals surface area contributed by atoms with Crippen molar-refractivity contribution in [2.45, 2.75) is 50.2 Å². The van der Waals surface area contributed by atoms with Crippen molar-refractivity contribution in [3.8, 4) is 0 Å². The molecule has 0 amide bonds. The van der Waals surface area contributed by atoms with Crippen LogP contribution in [0.3, 0.4) is 0 Å². The molecule has 2 nitrogen and oxygen atoms in total. The Hall–Kier alpha value is -0.860. The SMILES string of the molecule is OC[C@H]1CC2(CCCC2)O[C@@H]1Cc1ccccc1. The minimum absolute atomic E-state index is 0.104. The summed E-state index contributed by atoms with van der Waals surface area (Å²) in [6.45, 7) is 0.263. The van der Waals surface area contributed by atoms with Crippen LogP contribution in [0.15, 0.2) is 30.3 Å². The van der Waals surface area contributed by atoms with Crippen LogP contribution in [0.1, 0.15) is 37.7 Å². The van der Waals surface area contributed by atoms with E-state index in [-0.39, 0.29) is 18.3 Å². The summed E-state index contributed by atoms with van der Waals surface area (Å²) in [5, 5.41) is 9.58. The fraction of sp³-hybridized carbons (Fsp3) is 0.625. The Morgan fingerprint density at radius 1 is 1.17 bits per heavy atom. The molecule has 0 unspecified atom stereocenters. The first-order valence-corrected chi connectivity index (χ1v) is 7.14. The van der Waals surface area contributed by atoms with Crippen molar-refractivity contribution in [1.82, 2.24) is 0 Å². The molecule has 1 spiro atoms. The van der Waals surface area contributed by atoms with Gasteiger partial charge in [0.05, 0.1) is 11.7 Å². The summed E-state index contributed by atoms with van der Waals surface area (Å²) in [6, 6.07) is 10.5. The van der Waals surface area contributed by atoms with Crippen LogP contribution in [-0.4, -0.2) is 23.4 Å². The molecule has 0 bridgehead atoms. The quantitative estimate of drug-likeness (QED) is 0.888. The Kier molecular flexibility index (Phi) is 3.40. The summed E-state index contributed by atoms with van der Waals surface area (Å²) in [7, 11) is 0. The molecule has 18 heavy (non-hydrogen) atoms. The highest BCUT2D eigenvalue weighted by molar-refractivity contribution is 5.16. The molecule has 0 aromatic heterocycles. The predicted molar refractivity (Wildman–Crippen MR) is 71.4 cm³/mol. The van der Waals surface area contributed by atoms with Crippen molar-refractivity contribution in [3.63, 3.8) is 0 Å². The molecule has 1 saturated carbocycles. The van der Waals surface area contributed by atoms with Gasteiger partial charge in [-0.2, -0.15) is 0 Å². The fourth-order valence-corrected chi connectivity index (χ4v) is 3.65. The van der Waals surface area contributed by atoms with Crippen molar-refractivity contribution >= 4 is 0 Å². The number of aliphatic hydroxyl groups is 1. The topological polar surface area (TPSA) is 29.5 Å². The van der Waals surface area contributed by atoms with Crippen LogP contribution in [0.25, 0.3) is 0 Å². The second-order valence-corrected chi connectivity index (χ2v) is 5.88. The highest BCUT2D eigenvalue weighted by Gasteiger charge is 2.47. The van der Waals surface area contributed by atoms with Gasteiger partial charge in [-0.1, -0.05) is 43.2 Å². The zero-order valence-electron chi connectivity index (χ0n) is 10.8. The lowest BCUT2D eigenvalue weighted by Crippen LogP contribution is -2.25. The van der Waals surface area contributed by atoms with Crippen LogP contribution in [0.2, 0.25) is 0 Å². The zero-order chi connectivity index (χ0) is 12.4. The summed E-state index contributed by atoms with van der Waals surface area (Å²) in [6.07, 6.45) is 7.15. The van der Waals surface area contributed by atoms with Gasteiger partial charge in [-0.05, 0) is 31.2 Å². The predicted octanol–water partition coefficient (Wildman–Crippen LogP) is 2.94. The van der Waals surface area contributed by atoms with Crippen LogP contribution in [0.4, 0.5) is 0 Å². The van der Waals surface area contributed by atoms with Gasteiger partial charge < -0.3 is 9.84 Å². The van der Waals surface area contributed by atoms with E-state index in [2.05, 4.69) is 24.3 Å². The standard InChI is InChI=1S/C16H22O2/c17-12-14-11-16(8-4-5-9-16)18-15(14)10-13-6-2-1-3-7-13/h1-3,6-7,14-15,17H,4-5,8-12H2/t14-,15-/m1/s1. The largest absolute Gasteiger partial charge is 0.396 e. The molecular formula is C16H22O2. The third kappa shape index (κ3) is 2.32. The first-order chi connectivity index (χ1) is 8.81. The fourth-order valence-electron chi connectivity index (χ4n) is 3.65. The van der Waals surface area contributed by atoms with Crippen LogP contribution < -0.4 is 0 Å². The summed E-state index contributed by atoms with van der Waals surface area (Å²) in [5.41, 5.74) is 1.42. The maximum absolute atomic E-state index is 9.58. The smallest absolute Gasteiger partial charge is 0.0691 e. The lowest BCUT2D eigenvalue weighted by Gasteiger charge is -2.23. The minimum atomic E-state index is 0.104. The van der Waals surface area contributed by atoms with Gasteiger partial charge in [0.1, 0.15) is 0 Å². The van der Waals surface area contributed by atoms with Crippen molar-refractivity contribution < 1.29 is 9.84 Å². The van der Waals surface area contributed by atoms with Crippen LogP contribution in [0.5, 0.6) is 0 Å². The highest BCUT2D eigenvalue weighted by atomic mass is 16.5. The number of hydrogen-bond donors (Lipinski definition) is 1. The average Bonchev–Trinajstić information content (AvgIpc) is 2.99. The summed E-state index contributed by atoms with van der Waals surface area (Å²) >= 11 is 0. The van der Waals surface area contributed by atoms with Gasteiger partial charge in [-0.3, -0.25) is 0 Å². The van der Waals surface area contributed by atoms with Crippen molar-refractivity contribution in [3.05, 3.63) is 35.9 Å². The van der Waals surface area contributed by atoms with E-state index in [0.29, 0.717) is 5.92 Å². The van der Waals surface area contributed by atoms with Crippen LogP contribution in [0, 0.1) is 5.92 Å². The number of ether oxygens (including phenoxy) is 1. The molecule has 3 rings (SSSR count). The van der Waals surface area contributed by atoms with Gasteiger partial charge in [0.25, 0.3) is 0 Å². The zero-order valence-corrected chi connectivity index (χ0v) is 10.8. The van der Waals surface area contributed by atoms with Crippen LogP contribution >= 0.6 is 0 Å². The molecule has 1 aromatic carbocycles. The van der Waals surface area contributed by atoms with Gasteiger partial charge in [0, 0.05) is 12.5 Å². The summed E-state index contributed by atoms with van der Waals surface area (Å²) in [5.74, 6) is 0.323. The van der Waals surface area contributed by atoms with Crippen LogP contribution in [-0.2, 0) is 11.2 Å². The Balaban J connectivity index is 1.71. The third-order valence-corrected chi connectivity index (χ3v) is 4.59. The van der Waals surface area contributed by atoms with E-state index in [9.17, 15) is 5.11 Å². The van der Waals surface area contributed by atoms with E-state index in [0.717, 1.165) is 12.8 Å². The van der Waals surface area contributed by atoms with Gasteiger partial charge >= 0.3 is 0 Å². The first kappa shape index (κ1) is 12.2. The molecule has 2 atom stereocenters. The molecule has 0 radical (unpaired) electrons. The molecule has 2 fully saturated rings. The average molecular weight is 246 g/mol. The molecule has 1 heterocycles. The van der Waals surface area contributed by atoms with E-state index in [1.54, 1.807) is 0 Å². The van der Waals surface area contributed by atoms with Gasteiger partial charge in [0.15, 0.2) is 0 Å². The maximum Gasteiger partial charge on any atom is 0.0691 e. The monoisotopic (exact) mass is 246 g/mol. The molecule has 98 valence electrons. The maximum atomic E-state index is 9.58. The van der Waals surface area contributed by atoms with E-state index in [4.69, 9.17) is 4.74 Å². The second-order valence-electron chi connectivity index (χ2n) is 5.88. The lowest BCUT2D eigenvalue weighted by atomic mass is 9.89. The van der Waals surface area contributed by atoms with Gasteiger partial charge in [-0.25, -0.2) is 0 Å². The highest BCUT2D eigenvalue weighted by Crippen LogP contribution is 2.46. The van der Waals surface area contributed by atoms with E-state index >= 15 is 0 Å². The molecule has 2 aliphatic rings. The molecule has 2 heteroatoms. The van der Waals surface area contributed by atoms with Crippen molar-refractivity contribution in [1.29, 1.82) is 0 Å². The van der Waals surface area contributed by atoms with Gasteiger partial charge in [-0.15, -0.1) is 0 Å². The Morgan fingerprint density at radius 2 is 1.89 bits per heavy atom. The normalized spacial score (nSPS) is 30.1. The molecule has 1 aromatic rings. The molecule has 1 N–H and O–H groups in total. The van der Waals surface area contributed by atoms with E-state index < -0.39 is 0 Å². The Morgan fingerprint density at radius 3 is 2.56 bits per heavy atom. The third-order valence-electron chi connectivity index (χ3n) is 4.59. The van der Waals surface area contributed by atoms with Crippen molar-refractivity contribution in [2.75, 3.05) is 6.61 Å². The molecular weight excluding hydrogens is 224 g/mol. The summed E-state index contributed by atoms with van der Waals surface area (Å²) < 4.78 is 6.36. The second kappa shape index (κ2) is 5.02. The lowest BCUT2D eigenvalue weighted by molar-refractivity contribution is -0.0420. The number of rotatable bonds is 3.